The quantitative estimate of drug-likeness (QED) is 0.558. The molecule has 0 saturated heterocycles. The van der Waals surface area contributed by atoms with Gasteiger partial charge in [0.2, 0.25) is 0 Å². The lowest BCUT2D eigenvalue weighted by Crippen LogP contribution is -2.33. The summed E-state index contributed by atoms with van der Waals surface area (Å²) in [4.78, 5) is 11.6. The van der Waals surface area contributed by atoms with Crippen LogP contribution in [0, 0.1) is 10.6 Å². The van der Waals surface area contributed by atoms with Crippen molar-refractivity contribution in [3.63, 3.8) is 0 Å². The third kappa shape index (κ3) is 5.47. The van der Waals surface area contributed by atoms with Crippen LogP contribution in [0.25, 0.3) is 0 Å². The molecule has 0 aliphatic heterocycles. The Kier molecular flexibility index (Phi) is 6.11. The van der Waals surface area contributed by atoms with E-state index in [9.17, 15) is 13.4 Å². The largest absolute Gasteiger partial charge is 0.446 e. The molecule has 1 aliphatic carbocycles. The third-order valence-corrected chi connectivity index (χ3v) is 5.90. The number of amides is 1. The monoisotopic (exact) mass is 423 g/mol. The van der Waals surface area contributed by atoms with Crippen molar-refractivity contribution in [3.05, 3.63) is 35.8 Å². The molecule has 158 valence electrons. The van der Waals surface area contributed by atoms with Gasteiger partial charge in [-0.3, -0.25) is 5.10 Å². The highest BCUT2D eigenvalue weighted by atomic mass is 32.2. The van der Waals surface area contributed by atoms with Crippen LogP contribution in [0.5, 0.6) is 0 Å². The van der Waals surface area contributed by atoms with Crippen LogP contribution < -0.4 is 10.6 Å². The fourth-order valence-corrected chi connectivity index (χ4v) is 4.16. The molecule has 8 nitrogen and oxygen atoms in total. The van der Waals surface area contributed by atoms with E-state index in [4.69, 9.17) is 9.52 Å². The Labute approximate surface area is 169 Å². The number of alkyl carbamates (subject to hydrolysis) is 1. The van der Waals surface area contributed by atoms with Crippen molar-refractivity contribution >= 4 is 27.3 Å². The topological polar surface area (TPSA) is 120 Å². The highest BCUT2D eigenvalue weighted by molar-refractivity contribution is 7.91. The lowest BCUT2D eigenvalue weighted by molar-refractivity contribution is 0.0981. The van der Waals surface area contributed by atoms with Crippen LogP contribution in [0.3, 0.4) is 0 Å². The van der Waals surface area contributed by atoms with Crippen LogP contribution in [0.4, 0.5) is 20.7 Å². The molecule has 1 heterocycles. The zero-order chi connectivity index (χ0) is 21.2. The number of halogens is 1. The molecule has 4 N–H and O–H groups in total. The molecule has 10 heteroatoms. The van der Waals surface area contributed by atoms with E-state index in [-0.39, 0.29) is 23.0 Å². The minimum Gasteiger partial charge on any atom is -0.446 e. The summed E-state index contributed by atoms with van der Waals surface area (Å²) in [6.45, 7) is 3.76. The molecular formula is C19H26FN5O3S. The standard InChI is InChI=1S/C19H26FN5O3S/c1-11(2)22-19(26)28-14-6-4-12(8-14)16-10-18(25-24-16)23-13-5-7-17(15(20)9-13)29(3,21)27/h5,7,9-12,14,21H,4,6,8H2,1-3H3,(H,22,26)(H2,23,24,25). The first-order valence-electron chi connectivity index (χ1n) is 9.44. The van der Waals surface area contributed by atoms with Gasteiger partial charge in [-0.1, -0.05) is 0 Å². The van der Waals surface area contributed by atoms with Crippen molar-refractivity contribution in [3.8, 4) is 0 Å². The first-order chi connectivity index (χ1) is 13.6. The second-order valence-corrected chi connectivity index (χ2v) is 9.79. The smallest absolute Gasteiger partial charge is 0.407 e. The first-order valence-corrected chi connectivity index (χ1v) is 11.4. The van der Waals surface area contributed by atoms with Gasteiger partial charge in [0, 0.05) is 35.7 Å². The summed E-state index contributed by atoms with van der Waals surface area (Å²) in [5.41, 5.74) is 1.37. The molecule has 1 fully saturated rings. The highest BCUT2D eigenvalue weighted by Crippen LogP contribution is 2.36. The summed E-state index contributed by atoms with van der Waals surface area (Å²) in [6.07, 6.45) is 3.03. The van der Waals surface area contributed by atoms with E-state index in [0.717, 1.165) is 18.5 Å². The van der Waals surface area contributed by atoms with Gasteiger partial charge in [0.25, 0.3) is 0 Å². The molecule has 1 aliphatic rings. The summed E-state index contributed by atoms with van der Waals surface area (Å²) in [5.74, 6) is 0.0305. The second-order valence-electron chi connectivity index (χ2n) is 7.66. The number of carbonyl (C=O) groups is 1. The first kappa shape index (κ1) is 21.1. The number of ether oxygens (including phenoxy) is 1. The summed E-state index contributed by atoms with van der Waals surface area (Å²) in [5, 5.41) is 12.9. The lowest BCUT2D eigenvalue weighted by Gasteiger charge is -2.14. The number of aromatic nitrogens is 2. The number of hydrogen-bond donors (Lipinski definition) is 4. The molecule has 0 radical (unpaired) electrons. The predicted molar refractivity (Wildman–Crippen MR) is 108 cm³/mol. The van der Waals surface area contributed by atoms with E-state index in [1.807, 2.05) is 19.9 Å². The molecule has 0 spiro atoms. The molecule has 2 aromatic rings. The maximum atomic E-state index is 14.1. The Hall–Kier alpha value is -2.62. The Balaban J connectivity index is 1.60. The average molecular weight is 424 g/mol. The second kappa shape index (κ2) is 8.40. The van der Waals surface area contributed by atoms with Gasteiger partial charge >= 0.3 is 6.09 Å². The number of nitrogens with one attached hydrogen (secondary N) is 4. The SMILES string of the molecule is CC(C)NC(=O)OC1CCC(c2cc(Nc3ccc(S(C)(=N)=O)c(F)c3)n[nH]2)C1. The Morgan fingerprint density at radius 1 is 1.38 bits per heavy atom. The zero-order valence-electron chi connectivity index (χ0n) is 16.6. The number of benzene rings is 1. The Bertz CT molecular complexity index is 989. The van der Waals surface area contributed by atoms with Gasteiger partial charge in [-0.2, -0.15) is 5.10 Å². The molecule has 1 amide bonds. The number of carbonyl (C=O) groups excluding carboxylic acids is 1. The van der Waals surface area contributed by atoms with Crippen LogP contribution in [0.2, 0.25) is 0 Å². The van der Waals surface area contributed by atoms with Crippen LogP contribution in [-0.2, 0) is 14.5 Å². The summed E-state index contributed by atoms with van der Waals surface area (Å²) in [6, 6.07) is 6.00. The number of aromatic amines is 1. The number of nitrogens with zero attached hydrogens (tertiary/aromatic N) is 1. The van der Waals surface area contributed by atoms with Gasteiger partial charge in [0.1, 0.15) is 11.9 Å². The average Bonchev–Trinajstić information content (AvgIpc) is 3.22. The maximum absolute atomic E-state index is 14.1. The van der Waals surface area contributed by atoms with Crippen LogP contribution in [0.1, 0.15) is 44.7 Å². The normalized spacial score (nSPS) is 21.0. The van der Waals surface area contributed by atoms with E-state index >= 15 is 0 Å². The molecular weight excluding hydrogens is 397 g/mol. The van der Waals surface area contributed by atoms with Crippen LogP contribution in [0.15, 0.2) is 29.2 Å². The molecule has 3 unspecified atom stereocenters. The summed E-state index contributed by atoms with van der Waals surface area (Å²) < 4.78 is 38.8. The summed E-state index contributed by atoms with van der Waals surface area (Å²) >= 11 is 0. The number of rotatable bonds is 6. The molecule has 29 heavy (non-hydrogen) atoms. The van der Waals surface area contributed by atoms with E-state index in [0.29, 0.717) is 17.9 Å². The lowest BCUT2D eigenvalue weighted by atomic mass is 10.0. The fraction of sp³-hybridized carbons (Fsp3) is 0.474. The Morgan fingerprint density at radius 3 is 2.79 bits per heavy atom. The predicted octanol–water partition coefficient (Wildman–Crippen LogP) is 4.10. The zero-order valence-corrected chi connectivity index (χ0v) is 17.4. The van der Waals surface area contributed by atoms with Crippen LogP contribution in [-0.4, -0.2) is 38.9 Å². The van der Waals surface area contributed by atoms with Crippen molar-refractivity contribution in [2.24, 2.45) is 0 Å². The number of anilines is 2. The third-order valence-electron chi connectivity index (χ3n) is 4.73. The number of H-pyrrole nitrogens is 1. The van der Waals surface area contributed by atoms with E-state index < -0.39 is 21.6 Å². The minimum absolute atomic E-state index is 0.0322. The molecule has 3 rings (SSSR count). The highest BCUT2D eigenvalue weighted by Gasteiger charge is 2.30. The van der Waals surface area contributed by atoms with E-state index in [1.165, 1.54) is 18.4 Å². The van der Waals surface area contributed by atoms with Gasteiger partial charge in [0.05, 0.1) is 14.6 Å². The Morgan fingerprint density at radius 2 is 2.14 bits per heavy atom. The molecule has 0 bridgehead atoms. The van der Waals surface area contributed by atoms with Crippen LogP contribution >= 0.6 is 0 Å². The van der Waals surface area contributed by atoms with Gasteiger partial charge in [-0.25, -0.2) is 18.2 Å². The van der Waals surface area contributed by atoms with Crippen molar-refractivity contribution in [2.75, 3.05) is 11.6 Å². The molecule has 3 atom stereocenters. The minimum atomic E-state index is -3.12. The van der Waals surface area contributed by atoms with Crippen molar-refractivity contribution in [1.29, 1.82) is 4.78 Å². The van der Waals surface area contributed by atoms with Gasteiger partial charge < -0.3 is 15.4 Å². The van der Waals surface area contributed by atoms with E-state index in [2.05, 4.69) is 20.8 Å². The molecule has 1 aromatic heterocycles. The van der Waals surface area contributed by atoms with Gasteiger partial charge in [-0.15, -0.1) is 0 Å². The van der Waals surface area contributed by atoms with E-state index in [1.54, 1.807) is 6.07 Å². The van der Waals surface area contributed by atoms with Crippen molar-refractivity contribution < 1.29 is 18.1 Å². The van der Waals surface area contributed by atoms with Crippen molar-refractivity contribution in [1.82, 2.24) is 15.5 Å². The fourth-order valence-electron chi connectivity index (χ4n) is 3.40. The summed E-state index contributed by atoms with van der Waals surface area (Å²) in [7, 11) is -3.12. The molecule has 1 aromatic carbocycles. The molecule has 1 saturated carbocycles. The number of hydrogen-bond acceptors (Lipinski definition) is 6. The maximum Gasteiger partial charge on any atom is 0.407 e. The van der Waals surface area contributed by atoms with Crippen molar-refractivity contribution in [2.45, 2.75) is 56.1 Å². The van der Waals surface area contributed by atoms with Gasteiger partial charge in [-0.05, 0) is 51.3 Å². The van der Waals surface area contributed by atoms with Gasteiger partial charge in [0.15, 0.2) is 5.82 Å².